The fraction of sp³-hybridized carbons (Fsp3) is 0.125. The highest BCUT2D eigenvalue weighted by Gasteiger charge is 2.33. The lowest BCUT2D eigenvalue weighted by atomic mass is 9.80. The molecule has 0 N–H and O–H groups in total. The van der Waals surface area contributed by atoms with Crippen molar-refractivity contribution in [3.8, 4) is 0 Å². The van der Waals surface area contributed by atoms with Crippen LogP contribution in [-0.4, -0.2) is 18.7 Å². The SMILES string of the molecule is O=C=NCC1(N=C=O)C=Cc2cccc3cccc1c23. The molecule has 1 unspecified atom stereocenters. The summed E-state index contributed by atoms with van der Waals surface area (Å²) in [4.78, 5) is 28.8. The Morgan fingerprint density at radius 3 is 2.60 bits per heavy atom. The van der Waals surface area contributed by atoms with Gasteiger partial charge in [0.05, 0.1) is 6.54 Å². The van der Waals surface area contributed by atoms with Crippen LogP contribution in [0.1, 0.15) is 11.1 Å². The van der Waals surface area contributed by atoms with Crippen LogP contribution in [0.15, 0.2) is 52.5 Å². The zero-order valence-corrected chi connectivity index (χ0v) is 10.5. The van der Waals surface area contributed by atoms with Gasteiger partial charge in [-0.15, -0.1) is 0 Å². The molecule has 1 atom stereocenters. The van der Waals surface area contributed by atoms with E-state index in [2.05, 4.69) is 9.98 Å². The number of hydrogen-bond acceptors (Lipinski definition) is 4. The summed E-state index contributed by atoms with van der Waals surface area (Å²) in [5.41, 5.74) is 0.952. The lowest BCUT2D eigenvalue weighted by Crippen LogP contribution is -2.27. The van der Waals surface area contributed by atoms with E-state index in [1.807, 2.05) is 42.5 Å². The highest BCUT2D eigenvalue weighted by Crippen LogP contribution is 2.39. The highest BCUT2D eigenvalue weighted by molar-refractivity contribution is 5.96. The Kier molecular flexibility index (Phi) is 2.88. The Labute approximate surface area is 115 Å². The zero-order valence-electron chi connectivity index (χ0n) is 10.5. The molecule has 0 saturated carbocycles. The third kappa shape index (κ3) is 1.72. The van der Waals surface area contributed by atoms with E-state index in [0.717, 1.165) is 21.9 Å². The van der Waals surface area contributed by atoms with Crippen molar-refractivity contribution in [2.75, 3.05) is 6.54 Å². The molecule has 0 aromatic heterocycles. The van der Waals surface area contributed by atoms with Crippen molar-refractivity contribution in [1.29, 1.82) is 0 Å². The predicted molar refractivity (Wildman–Crippen MR) is 75.8 cm³/mol. The fourth-order valence-electron chi connectivity index (χ4n) is 2.69. The minimum Gasteiger partial charge on any atom is -0.211 e. The minimum atomic E-state index is -0.965. The molecule has 20 heavy (non-hydrogen) atoms. The second-order valence-corrected chi connectivity index (χ2v) is 4.62. The largest absolute Gasteiger partial charge is 0.236 e. The first kappa shape index (κ1) is 12.2. The van der Waals surface area contributed by atoms with E-state index < -0.39 is 5.54 Å². The van der Waals surface area contributed by atoms with Gasteiger partial charge in [0.1, 0.15) is 5.54 Å². The molecular weight excluding hydrogens is 252 g/mol. The van der Waals surface area contributed by atoms with Crippen LogP contribution in [0.2, 0.25) is 0 Å². The van der Waals surface area contributed by atoms with Crippen LogP contribution in [-0.2, 0) is 15.1 Å². The van der Waals surface area contributed by atoms with Gasteiger partial charge in [-0.2, -0.15) is 4.99 Å². The molecule has 4 heteroatoms. The number of rotatable bonds is 3. The summed E-state index contributed by atoms with van der Waals surface area (Å²) in [5.74, 6) is 0. The number of isocyanates is 2. The van der Waals surface area contributed by atoms with Crippen molar-refractivity contribution >= 4 is 29.0 Å². The molecule has 4 nitrogen and oxygen atoms in total. The van der Waals surface area contributed by atoms with E-state index in [9.17, 15) is 9.59 Å². The van der Waals surface area contributed by atoms with Gasteiger partial charge < -0.3 is 0 Å². The molecule has 0 aliphatic heterocycles. The normalized spacial score (nSPS) is 19.2. The molecule has 0 radical (unpaired) electrons. The Bertz CT molecular complexity index is 807. The highest BCUT2D eigenvalue weighted by atomic mass is 16.1. The molecule has 2 aromatic carbocycles. The van der Waals surface area contributed by atoms with E-state index >= 15 is 0 Å². The average molecular weight is 262 g/mol. The predicted octanol–water partition coefficient (Wildman–Crippen LogP) is 2.73. The standard InChI is InChI=1S/C16H10N2O2/c19-10-17-9-16(18-11-20)8-7-13-4-1-3-12-5-2-6-14(16)15(12)13/h1-8H,9H2. The maximum atomic E-state index is 10.8. The summed E-state index contributed by atoms with van der Waals surface area (Å²) in [5, 5.41) is 2.09. The summed E-state index contributed by atoms with van der Waals surface area (Å²) in [6.07, 6.45) is 6.79. The Balaban J connectivity index is 2.36. The van der Waals surface area contributed by atoms with Crippen molar-refractivity contribution in [2.45, 2.75) is 5.54 Å². The fourth-order valence-corrected chi connectivity index (χ4v) is 2.69. The van der Waals surface area contributed by atoms with E-state index in [1.54, 1.807) is 12.2 Å². The zero-order chi connectivity index (χ0) is 14.0. The van der Waals surface area contributed by atoms with Gasteiger partial charge >= 0.3 is 0 Å². The number of benzene rings is 2. The van der Waals surface area contributed by atoms with Crippen molar-refractivity contribution in [3.05, 3.63) is 53.6 Å². The summed E-state index contributed by atoms with van der Waals surface area (Å²) in [7, 11) is 0. The molecule has 0 heterocycles. The van der Waals surface area contributed by atoms with Crippen LogP contribution >= 0.6 is 0 Å². The topological polar surface area (TPSA) is 58.9 Å². The first-order valence-corrected chi connectivity index (χ1v) is 6.15. The van der Waals surface area contributed by atoms with E-state index in [-0.39, 0.29) is 6.54 Å². The molecule has 1 aliphatic rings. The first-order chi connectivity index (χ1) is 9.80. The molecule has 0 amide bonds. The van der Waals surface area contributed by atoms with Crippen LogP contribution < -0.4 is 0 Å². The maximum Gasteiger partial charge on any atom is 0.236 e. The van der Waals surface area contributed by atoms with Gasteiger partial charge in [-0.05, 0) is 28.0 Å². The maximum absolute atomic E-state index is 10.8. The van der Waals surface area contributed by atoms with Gasteiger partial charge in [0.2, 0.25) is 12.2 Å². The van der Waals surface area contributed by atoms with Crippen molar-refractivity contribution < 1.29 is 9.59 Å². The molecule has 0 bridgehead atoms. The Morgan fingerprint density at radius 1 is 1.05 bits per heavy atom. The average Bonchev–Trinajstić information content (AvgIpc) is 2.49. The van der Waals surface area contributed by atoms with Gasteiger partial charge in [-0.3, -0.25) is 0 Å². The number of nitrogens with zero attached hydrogens (tertiary/aromatic N) is 2. The molecular formula is C16H10N2O2. The number of carbonyl (C=O) groups excluding carboxylic acids is 2. The van der Waals surface area contributed by atoms with Gasteiger partial charge in [0, 0.05) is 0 Å². The Hall–Kier alpha value is -2.80. The third-order valence-corrected chi connectivity index (χ3v) is 3.57. The molecule has 0 saturated heterocycles. The monoisotopic (exact) mass is 262 g/mol. The second kappa shape index (κ2) is 4.71. The molecule has 2 aromatic rings. The first-order valence-electron chi connectivity index (χ1n) is 6.15. The minimum absolute atomic E-state index is 0.0513. The summed E-state index contributed by atoms with van der Waals surface area (Å²) < 4.78 is 0. The summed E-state index contributed by atoms with van der Waals surface area (Å²) in [6.45, 7) is 0.0513. The Morgan fingerprint density at radius 2 is 1.85 bits per heavy atom. The van der Waals surface area contributed by atoms with Crippen molar-refractivity contribution in [1.82, 2.24) is 0 Å². The molecule has 0 fully saturated rings. The molecule has 1 aliphatic carbocycles. The van der Waals surface area contributed by atoms with Crippen molar-refractivity contribution in [3.63, 3.8) is 0 Å². The van der Waals surface area contributed by atoms with E-state index in [0.29, 0.717) is 0 Å². The third-order valence-electron chi connectivity index (χ3n) is 3.57. The molecule has 0 spiro atoms. The summed E-state index contributed by atoms with van der Waals surface area (Å²) in [6, 6.07) is 11.8. The van der Waals surface area contributed by atoms with Crippen LogP contribution in [0.25, 0.3) is 16.8 Å². The van der Waals surface area contributed by atoms with Gasteiger partial charge in [-0.1, -0.05) is 42.5 Å². The van der Waals surface area contributed by atoms with Crippen molar-refractivity contribution in [2.24, 2.45) is 9.98 Å². The molecule has 3 rings (SSSR count). The lowest BCUT2D eigenvalue weighted by Gasteiger charge is -2.28. The van der Waals surface area contributed by atoms with E-state index in [4.69, 9.17) is 0 Å². The van der Waals surface area contributed by atoms with Gasteiger partial charge in [0.25, 0.3) is 0 Å². The number of hydrogen-bond donors (Lipinski definition) is 0. The summed E-state index contributed by atoms with van der Waals surface area (Å²) >= 11 is 0. The lowest BCUT2D eigenvalue weighted by molar-refractivity contribution is 0.528. The van der Waals surface area contributed by atoms with Crippen LogP contribution in [0.4, 0.5) is 0 Å². The van der Waals surface area contributed by atoms with Crippen LogP contribution in [0.5, 0.6) is 0 Å². The van der Waals surface area contributed by atoms with Gasteiger partial charge in [-0.25, -0.2) is 14.6 Å². The van der Waals surface area contributed by atoms with Gasteiger partial charge in [0.15, 0.2) is 0 Å². The second-order valence-electron chi connectivity index (χ2n) is 4.62. The quantitative estimate of drug-likeness (QED) is 0.630. The van der Waals surface area contributed by atoms with Crippen LogP contribution in [0, 0.1) is 0 Å². The smallest absolute Gasteiger partial charge is 0.211 e. The van der Waals surface area contributed by atoms with E-state index in [1.165, 1.54) is 6.08 Å². The van der Waals surface area contributed by atoms with Crippen LogP contribution in [0.3, 0.4) is 0 Å². The number of aliphatic imine (C=N–C) groups is 2. The molecule has 96 valence electrons.